The molecule has 1 saturated heterocycles. The molecule has 0 bridgehead atoms. The van der Waals surface area contributed by atoms with Gasteiger partial charge in [0.2, 0.25) is 15.9 Å². The standard InChI is InChI=1S/C9H18N2O3S/c1-3-9(12)10-7-8-5-4-6-11(8)15(2,13)14/h8H,3-7H2,1-2H3,(H,10,12). The Kier molecular flexibility index (Phi) is 4.10. The van der Waals surface area contributed by atoms with Crippen LogP contribution in [-0.4, -0.2) is 44.0 Å². The van der Waals surface area contributed by atoms with Crippen LogP contribution in [0.2, 0.25) is 0 Å². The lowest BCUT2D eigenvalue weighted by molar-refractivity contribution is -0.120. The second kappa shape index (κ2) is 4.94. The molecule has 1 N–H and O–H groups in total. The molecule has 6 heteroatoms. The lowest BCUT2D eigenvalue weighted by atomic mass is 10.2. The lowest BCUT2D eigenvalue weighted by Crippen LogP contribution is -2.42. The zero-order valence-electron chi connectivity index (χ0n) is 9.19. The second-order valence-corrected chi connectivity index (χ2v) is 5.76. The molecule has 0 aromatic carbocycles. The van der Waals surface area contributed by atoms with Crippen molar-refractivity contribution in [2.75, 3.05) is 19.3 Å². The third kappa shape index (κ3) is 3.46. The number of hydrogen-bond acceptors (Lipinski definition) is 3. The van der Waals surface area contributed by atoms with E-state index < -0.39 is 10.0 Å². The van der Waals surface area contributed by atoms with Gasteiger partial charge < -0.3 is 5.32 Å². The van der Waals surface area contributed by atoms with Crippen molar-refractivity contribution in [1.29, 1.82) is 0 Å². The summed E-state index contributed by atoms with van der Waals surface area (Å²) in [5.74, 6) is -0.0321. The Morgan fingerprint density at radius 1 is 1.53 bits per heavy atom. The number of nitrogens with zero attached hydrogens (tertiary/aromatic N) is 1. The van der Waals surface area contributed by atoms with Gasteiger partial charge in [0, 0.05) is 25.6 Å². The summed E-state index contributed by atoms with van der Waals surface area (Å²) in [5.41, 5.74) is 0. The van der Waals surface area contributed by atoms with Crippen LogP contribution in [0.25, 0.3) is 0 Å². The van der Waals surface area contributed by atoms with Crippen molar-refractivity contribution < 1.29 is 13.2 Å². The molecule has 0 aromatic heterocycles. The Hall–Kier alpha value is -0.620. The van der Waals surface area contributed by atoms with Gasteiger partial charge >= 0.3 is 0 Å². The summed E-state index contributed by atoms with van der Waals surface area (Å²) in [6.45, 7) is 2.78. The predicted molar refractivity (Wildman–Crippen MR) is 57.9 cm³/mol. The maximum absolute atomic E-state index is 11.4. The number of carbonyl (C=O) groups excluding carboxylic acids is 1. The highest BCUT2D eigenvalue weighted by Gasteiger charge is 2.31. The van der Waals surface area contributed by atoms with Crippen LogP contribution in [0, 0.1) is 0 Å². The van der Waals surface area contributed by atoms with Crippen molar-refractivity contribution >= 4 is 15.9 Å². The topological polar surface area (TPSA) is 66.5 Å². The zero-order chi connectivity index (χ0) is 11.5. The molecule has 1 fully saturated rings. The minimum atomic E-state index is -3.12. The molecule has 0 saturated carbocycles. The normalized spacial score (nSPS) is 22.9. The Morgan fingerprint density at radius 3 is 2.73 bits per heavy atom. The van der Waals surface area contributed by atoms with Gasteiger partial charge in [0.15, 0.2) is 0 Å². The van der Waals surface area contributed by atoms with Crippen molar-refractivity contribution in [3.05, 3.63) is 0 Å². The molecule has 15 heavy (non-hydrogen) atoms. The molecule has 0 aliphatic carbocycles. The van der Waals surface area contributed by atoms with Crippen molar-refractivity contribution in [3.8, 4) is 0 Å². The zero-order valence-corrected chi connectivity index (χ0v) is 10.0. The van der Waals surface area contributed by atoms with Crippen LogP contribution in [0.3, 0.4) is 0 Å². The smallest absolute Gasteiger partial charge is 0.219 e. The largest absolute Gasteiger partial charge is 0.355 e. The maximum atomic E-state index is 11.4. The summed E-state index contributed by atoms with van der Waals surface area (Å²) in [7, 11) is -3.12. The van der Waals surface area contributed by atoms with Gasteiger partial charge in [-0.1, -0.05) is 6.92 Å². The molecule has 1 aliphatic rings. The molecule has 0 radical (unpaired) electrons. The monoisotopic (exact) mass is 234 g/mol. The summed E-state index contributed by atoms with van der Waals surface area (Å²) >= 11 is 0. The van der Waals surface area contributed by atoms with E-state index in [1.165, 1.54) is 10.6 Å². The van der Waals surface area contributed by atoms with E-state index in [1.54, 1.807) is 6.92 Å². The summed E-state index contributed by atoms with van der Waals surface area (Å²) < 4.78 is 24.2. The lowest BCUT2D eigenvalue weighted by Gasteiger charge is -2.22. The van der Waals surface area contributed by atoms with E-state index in [1.807, 2.05) is 0 Å². The van der Waals surface area contributed by atoms with E-state index in [-0.39, 0.29) is 11.9 Å². The van der Waals surface area contributed by atoms with Crippen LogP contribution in [0.4, 0.5) is 0 Å². The van der Waals surface area contributed by atoms with E-state index in [9.17, 15) is 13.2 Å². The molecular formula is C9H18N2O3S. The number of carbonyl (C=O) groups is 1. The van der Waals surface area contributed by atoms with Crippen LogP contribution in [0.1, 0.15) is 26.2 Å². The molecular weight excluding hydrogens is 216 g/mol. The third-order valence-electron chi connectivity index (χ3n) is 2.61. The second-order valence-electron chi connectivity index (χ2n) is 3.83. The van der Waals surface area contributed by atoms with Crippen molar-refractivity contribution in [2.45, 2.75) is 32.2 Å². The fourth-order valence-corrected chi connectivity index (χ4v) is 2.99. The van der Waals surface area contributed by atoms with Crippen molar-refractivity contribution in [3.63, 3.8) is 0 Å². The summed E-state index contributed by atoms with van der Waals surface area (Å²) in [5, 5.41) is 2.73. The molecule has 1 unspecified atom stereocenters. The van der Waals surface area contributed by atoms with Gasteiger partial charge in [-0.3, -0.25) is 4.79 Å². The molecule has 0 aromatic rings. The molecule has 1 amide bonds. The van der Waals surface area contributed by atoms with Gasteiger partial charge in [-0.25, -0.2) is 8.42 Å². The number of rotatable bonds is 4. The third-order valence-corrected chi connectivity index (χ3v) is 3.94. The molecule has 1 atom stereocenters. The average molecular weight is 234 g/mol. The highest BCUT2D eigenvalue weighted by molar-refractivity contribution is 7.88. The van der Waals surface area contributed by atoms with Crippen LogP contribution in [0.5, 0.6) is 0 Å². The molecule has 0 spiro atoms. The van der Waals surface area contributed by atoms with E-state index in [2.05, 4.69) is 5.32 Å². The Balaban J connectivity index is 2.51. The molecule has 88 valence electrons. The van der Waals surface area contributed by atoms with E-state index >= 15 is 0 Å². The quantitative estimate of drug-likeness (QED) is 0.741. The highest BCUT2D eigenvalue weighted by atomic mass is 32.2. The van der Waals surface area contributed by atoms with Gasteiger partial charge in [0.05, 0.1) is 6.26 Å². The summed E-state index contributed by atoms with van der Waals surface area (Å²) in [6.07, 6.45) is 3.36. The Bertz CT molecular complexity index is 326. The van der Waals surface area contributed by atoms with Crippen LogP contribution in [0.15, 0.2) is 0 Å². The molecule has 1 aliphatic heterocycles. The van der Waals surface area contributed by atoms with Gasteiger partial charge in [0.25, 0.3) is 0 Å². The van der Waals surface area contributed by atoms with Crippen LogP contribution >= 0.6 is 0 Å². The van der Waals surface area contributed by atoms with Crippen molar-refractivity contribution in [1.82, 2.24) is 9.62 Å². The van der Waals surface area contributed by atoms with E-state index in [4.69, 9.17) is 0 Å². The first-order chi connectivity index (χ1) is 6.95. The van der Waals surface area contributed by atoms with Gasteiger partial charge in [-0.05, 0) is 12.8 Å². The van der Waals surface area contributed by atoms with Crippen molar-refractivity contribution in [2.24, 2.45) is 0 Å². The van der Waals surface area contributed by atoms with Gasteiger partial charge in [-0.2, -0.15) is 4.31 Å². The minimum Gasteiger partial charge on any atom is -0.355 e. The maximum Gasteiger partial charge on any atom is 0.219 e. The van der Waals surface area contributed by atoms with Gasteiger partial charge in [-0.15, -0.1) is 0 Å². The minimum absolute atomic E-state index is 0.0321. The van der Waals surface area contributed by atoms with Crippen LogP contribution in [-0.2, 0) is 14.8 Å². The first-order valence-electron chi connectivity index (χ1n) is 5.18. The number of amides is 1. The number of nitrogens with one attached hydrogen (secondary N) is 1. The van der Waals surface area contributed by atoms with Crippen LogP contribution < -0.4 is 5.32 Å². The highest BCUT2D eigenvalue weighted by Crippen LogP contribution is 2.19. The first-order valence-corrected chi connectivity index (χ1v) is 7.03. The fraction of sp³-hybridized carbons (Fsp3) is 0.889. The summed E-state index contributed by atoms with van der Waals surface area (Å²) in [6, 6.07) is -0.0597. The molecule has 1 rings (SSSR count). The average Bonchev–Trinajstić information content (AvgIpc) is 2.61. The first kappa shape index (κ1) is 12.4. The Labute approximate surface area is 90.9 Å². The van der Waals surface area contributed by atoms with E-state index in [0.717, 1.165) is 12.8 Å². The van der Waals surface area contributed by atoms with E-state index in [0.29, 0.717) is 19.5 Å². The molecule has 1 heterocycles. The summed E-state index contributed by atoms with van der Waals surface area (Å²) in [4.78, 5) is 11.0. The Morgan fingerprint density at radius 2 is 2.20 bits per heavy atom. The fourth-order valence-electron chi connectivity index (χ4n) is 1.81. The number of hydrogen-bond donors (Lipinski definition) is 1. The van der Waals surface area contributed by atoms with Gasteiger partial charge in [0.1, 0.15) is 0 Å². The number of sulfonamides is 1. The SMILES string of the molecule is CCC(=O)NCC1CCCN1S(C)(=O)=O. The predicted octanol–water partition coefficient (Wildman–Crippen LogP) is -0.0634. The molecule has 5 nitrogen and oxygen atoms in total.